The van der Waals surface area contributed by atoms with Gasteiger partial charge in [0.1, 0.15) is 6.04 Å². The molecule has 5 nitrogen and oxygen atoms in total. The van der Waals surface area contributed by atoms with Crippen molar-refractivity contribution in [3.8, 4) is 0 Å². The van der Waals surface area contributed by atoms with E-state index >= 15 is 0 Å². The number of nitrogens with one attached hydrogen (secondary N) is 1. The summed E-state index contributed by atoms with van der Waals surface area (Å²) in [5.74, 6) is -1.41. The highest BCUT2D eigenvalue weighted by Crippen LogP contribution is 2.32. The van der Waals surface area contributed by atoms with Crippen LogP contribution in [0.2, 0.25) is 0 Å². The van der Waals surface area contributed by atoms with Crippen LogP contribution in [0.15, 0.2) is 30.3 Å². The molecule has 1 aliphatic carbocycles. The van der Waals surface area contributed by atoms with Crippen molar-refractivity contribution in [1.29, 1.82) is 0 Å². The molecule has 5 heteroatoms. The quantitative estimate of drug-likeness (QED) is 0.698. The van der Waals surface area contributed by atoms with E-state index in [0.29, 0.717) is 12.8 Å². The fraction of sp³-hybridized carbons (Fsp3) is 0.385. The van der Waals surface area contributed by atoms with E-state index < -0.39 is 17.6 Å². The van der Waals surface area contributed by atoms with Crippen LogP contribution >= 0.6 is 0 Å². The Hall–Kier alpha value is -1.88. The molecule has 18 heavy (non-hydrogen) atoms. The molecule has 1 aliphatic rings. The van der Waals surface area contributed by atoms with Crippen molar-refractivity contribution in [3.63, 3.8) is 0 Å². The highest BCUT2D eigenvalue weighted by atomic mass is 16.4. The maximum atomic E-state index is 11.7. The minimum Gasteiger partial charge on any atom is -0.480 e. The maximum absolute atomic E-state index is 11.7. The van der Waals surface area contributed by atoms with Crippen molar-refractivity contribution in [1.82, 2.24) is 5.32 Å². The molecule has 1 fully saturated rings. The number of aliphatic carboxylic acids is 1. The van der Waals surface area contributed by atoms with Crippen LogP contribution in [0.3, 0.4) is 0 Å². The van der Waals surface area contributed by atoms with E-state index in [1.165, 1.54) is 0 Å². The fourth-order valence-electron chi connectivity index (χ4n) is 1.71. The summed E-state index contributed by atoms with van der Waals surface area (Å²) in [5.41, 5.74) is 5.75. The van der Waals surface area contributed by atoms with Gasteiger partial charge in [-0.05, 0) is 18.4 Å². The second-order valence-electron chi connectivity index (χ2n) is 4.71. The van der Waals surface area contributed by atoms with Crippen molar-refractivity contribution in [3.05, 3.63) is 35.9 Å². The standard InChI is InChI=1S/C13H16N2O3/c14-13(6-7-13)12(18)15-10(11(16)17)8-9-4-2-1-3-5-9/h1-5,10H,6-8,14H2,(H,15,18)(H,16,17)/t10-/m1/s1. The fourth-order valence-corrected chi connectivity index (χ4v) is 1.71. The molecule has 1 atom stereocenters. The third-order valence-electron chi connectivity index (χ3n) is 3.13. The summed E-state index contributed by atoms with van der Waals surface area (Å²) >= 11 is 0. The summed E-state index contributed by atoms with van der Waals surface area (Å²) in [7, 11) is 0. The molecule has 4 N–H and O–H groups in total. The molecule has 0 saturated heterocycles. The van der Waals surface area contributed by atoms with Crippen LogP contribution in [-0.4, -0.2) is 28.6 Å². The van der Waals surface area contributed by atoms with Crippen LogP contribution in [0, 0.1) is 0 Å². The van der Waals surface area contributed by atoms with E-state index in [1.54, 1.807) is 0 Å². The molecule has 0 unspecified atom stereocenters. The number of nitrogens with two attached hydrogens (primary N) is 1. The Labute approximate surface area is 105 Å². The SMILES string of the molecule is NC1(C(=O)N[C@H](Cc2ccccc2)C(=O)O)CC1. The minimum absolute atomic E-state index is 0.262. The number of rotatable bonds is 5. The lowest BCUT2D eigenvalue weighted by atomic mass is 10.1. The predicted molar refractivity (Wildman–Crippen MR) is 65.9 cm³/mol. The van der Waals surface area contributed by atoms with Crippen molar-refractivity contribution >= 4 is 11.9 Å². The molecule has 0 aliphatic heterocycles. The molecule has 0 radical (unpaired) electrons. The van der Waals surface area contributed by atoms with Gasteiger partial charge in [0.2, 0.25) is 5.91 Å². The zero-order chi connectivity index (χ0) is 13.2. The summed E-state index contributed by atoms with van der Waals surface area (Å²) < 4.78 is 0. The average molecular weight is 248 g/mol. The molecule has 1 saturated carbocycles. The third-order valence-corrected chi connectivity index (χ3v) is 3.13. The van der Waals surface area contributed by atoms with Gasteiger partial charge in [-0.2, -0.15) is 0 Å². The Morgan fingerprint density at radius 3 is 2.44 bits per heavy atom. The second kappa shape index (κ2) is 4.78. The van der Waals surface area contributed by atoms with Gasteiger partial charge >= 0.3 is 5.97 Å². The average Bonchev–Trinajstić information content (AvgIpc) is 3.09. The third kappa shape index (κ3) is 2.87. The highest BCUT2D eigenvalue weighted by Gasteiger charge is 2.46. The predicted octanol–water partition coefficient (Wildman–Crippen LogP) is 0.290. The normalized spacial score (nSPS) is 17.8. The van der Waals surface area contributed by atoms with Gasteiger partial charge in [-0.3, -0.25) is 4.79 Å². The Bertz CT molecular complexity index is 455. The van der Waals surface area contributed by atoms with Gasteiger partial charge in [-0.1, -0.05) is 30.3 Å². The van der Waals surface area contributed by atoms with Gasteiger partial charge in [0.05, 0.1) is 5.54 Å². The first-order chi connectivity index (χ1) is 8.51. The van der Waals surface area contributed by atoms with Crippen molar-refractivity contribution < 1.29 is 14.7 Å². The molecule has 1 amide bonds. The number of carbonyl (C=O) groups is 2. The summed E-state index contributed by atoms with van der Waals surface area (Å²) in [6.45, 7) is 0. The molecule has 0 spiro atoms. The Kier molecular flexibility index (Phi) is 3.34. The number of benzene rings is 1. The van der Waals surface area contributed by atoms with E-state index in [4.69, 9.17) is 10.8 Å². The summed E-state index contributed by atoms with van der Waals surface area (Å²) in [4.78, 5) is 22.9. The molecule has 0 aromatic heterocycles. The van der Waals surface area contributed by atoms with Crippen molar-refractivity contribution in [2.24, 2.45) is 5.73 Å². The minimum atomic E-state index is -1.04. The van der Waals surface area contributed by atoms with Gasteiger partial charge in [0.15, 0.2) is 0 Å². The topological polar surface area (TPSA) is 92.4 Å². The Balaban J connectivity index is 2.00. The van der Waals surface area contributed by atoms with Crippen LogP contribution in [0.5, 0.6) is 0 Å². The monoisotopic (exact) mass is 248 g/mol. The summed E-state index contributed by atoms with van der Waals surface area (Å²) in [5, 5.41) is 11.6. The van der Waals surface area contributed by atoms with E-state index in [0.717, 1.165) is 5.56 Å². The van der Waals surface area contributed by atoms with Crippen LogP contribution in [0.4, 0.5) is 0 Å². The Morgan fingerprint density at radius 2 is 1.94 bits per heavy atom. The first-order valence-electron chi connectivity index (χ1n) is 5.88. The maximum Gasteiger partial charge on any atom is 0.326 e. The lowest BCUT2D eigenvalue weighted by Gasteiger charge is -2.17. The van der Waals surface area contributed by atoms with Gasteiger partial charge < -0.3 is 16.2 Å². The number of amides is 1. The zero-order valence-corrected chi connectivity index (χ0v) is 9.93. The molecular formula is C13H16N2O3. The molecule has 96 valence electrons. The van der Waals surface area contributed by atoms with Crippen molar-refractivity contribution in [2.45, 2.75) is 30.8 Å². The largest absolute Gasteiger partial charge is 0.480 e. The first kappa shape index (κ1) is 12.6. The Morgan fingerprint density at radius 1 is 1.33 bits per heavy atom. The van der Waals surface area contributed by atoms with Gasteiger partial charge in [0.25, 0.3) is 0 Å². The van der Waals surface area contributed by atoms with Crippen LogP contribution in [0.1, 0.15) is 18.4 Å². The highest BCUT2D eigenvalue weighted by molar-refractivity contribution is 5.92. The number of carboxylic acid groups (broad SMARTS) is 1. The van der Waals surface area contributed by atoms with E-state index in [9.17, 15) is 9.59 Å². The number of carbonyl (C=O) groups excluding carboxylic acids is 1. The summed E-state index contributed by atoms with van der Waals surface area (Å²) in [6.07, 6.45) is 1.50. The van der Waals surface area contributed by atoms with E-state index in [2.05, 4.69) is 5.32 Å². The van der Waals surface area contributed by atoms with Crippen LogP contribution in [0.25, 0.3) is 0 Å². The van der Waals surface area contributed by atoms with Gasteiger partial charge in [-0.25, -0.2) is 4.79 Å². The van der Waals surface area contributed by atoms with Crippen molar-refractivity contribution in [2.75, 3.05) is 0 Å². The lowest BCUT2D eigenvalue weighted by molar-refractivity contribution is -0.142. The number of hydrogen-bond donors (Lipinski definition) is 3. The molecule has 2 rings (SSSR count). The van der Waals surface area contributed by atoms with Gasteiger partial charge in [-0.15, -0.1) is 0 Å². The lowest BCUT2D eigenvalue weighted by Crippen LogP contribution is -2.50. The number of hydrogen-bond acceptors (Lipinski definition) is 3. The molecule has 0 heterocycles. The first-order valence-corrected chi connectivity index (χ1v) is 5.88. The zero-order valence-electron chi connectivity index (χ0n) is 9.93. The van der Waals surface area contributed by atoms with Gasteiger partial charge in [0, 0.05) is 6.42 Å². The van der Waals surface area contributed by atoms with Crippen LogP contribution < -0.4 is 11.1 Å². The summed E-state index contributed by atoms with van der Waals surface area (Å²) in [6, 6.07) is 8.26. The molecular weight excluding hydrogens is 232 g/mol. The molecule has 1 aromatic carbocycles. The molecule has 1 aromatic rings. The number of carboxylic acids is 1. The van der Waals surface area contributed by atoms with Crippen LogP contribution in [-0.2, 0) is 16.0 Å². The molecule has 0 bridgehead atoms. The second-order valence-corrected chi connectivity index (χ2v) is 4.71. The van der Waals surface area contributed by atoms with E-state index in [-0.39, 0.29) is 12.3 Å². The smallest absolute Gasteiger partial charge is 0.326 e. The van der Waals surface area contributed by atoms with E-state index in [1.807, 2.05) is 30.3 Å².